The number of carbonyl (C=O) groups excluding carboxylic acids is 2. The Kier molecular flexibility index (Phi) is 4.41. The molecule has 2 aromatic carbocycles. The lowest BCUT2D eigenvalue weighted by Gasteiger charge is -2.22. The third-order valence-electron chi connectivity index (χ3n) is 4.97. The van der Waals surface area contributed by atoms with Gasteiger partial charge in [-0.15, -0.1) is 16.1 Å². The molecule has 10 heteroatoms. The van der Waals surface area contributed by atoms with Gasteiger partial charge in [0.1, 0.15) is 12.6 Å². The van der Waals surface area contributed by atoms with Crippen molar-refractivity contribution >= 4 is 28.7 Å². The minimum Gasteiger partial charge on any atom is -0.345 e. The highest BCUT2D eigenvalue weighted by Gasteiger charge is 2.40. The molecule has 0 bridgehead atoms. The second-order valence-electron chi connectivity index (χ2n) is 6.86. The van der Waals surface area contributed by atoms with Gasteiger partial charge in [0.25, 0.3) is 5.91 Å². The minimum atomic E-state index is -0.787. The number of anilines is 1. The van der Waals surface area contributed by atoms with Crippen LogP contribution >= 0.6 is 0 Å². The number of rotatable bonds is 4. The maximum atomic E-state index is 12.6. The molecular weight excluding hydrogens is 396 g/mol. The molecule has 1 saturated heterocycles. The van der Waals surface area contributed by atoms with Crippen LogP contribution in [0.3, 0.4) is 0 Å². The summed E-state index contributed by atoms with van der Waals surface area (Å²) in [5.41, 5.74) is 3.56. The lowest BCUT2D eigenvalue weighted by molar-refractivity contribution is -0.119. The average Bonchev–Trinajstić information content (AvgIpc) is 3.50. The molecule has 4 aromatic rings. The van der Waals surface area contributed by atoms with Crippen LogP contribution in [-0.2, 0) is 11.3 Å². The topological polar surface area (TPSA) is 122 Å². The molecule has 1 aliphatic heterocycles. The summed E-state index contributed by atoms with van der Waals surface area (Å²) < 4.78 is 0. The van der Waals surface area contributed by atoms with Gasteiger partial charge in [0.05, 0.1) is 17.4 Å². The Bertz CT molecular complexity index is 1360. The van der Waals surface area contributed by atoms with E-state index >= 15 is 0 Å². The van der Waals surface area contributed by atoms with Gasteiger partial charge in [-0.3, -0.25) is 15.0 Å². The monoisotopic (exact) mass is 412 g/mol. The van der Waals surface area contributed by atoms with E-state index in [1.165, 1.54) is 9.70 Å². The minimum absolute atomic E-state index is 0.363. The number of tetrazole rings is 1. The van der Waals surface area contributed by atoms with Crippen LogP contribution < -0.4 is 10.2 Å². The van der Waals surface area contributed by atoms with E-state index in [1.54, 1.807) is 55.7 Å². The summed E-state index contributed by atoms with van der Waals surface area (Å²) in [6.07, 6.45) is 1.58. The Hall–Kier alpha value is -4.52. The molecule has 1 atom stereocenters. The first-order valence-electron chi connectivity index (χ1n) is 9.49. The number of imidazole rings is 1. The lowest BCUT2D eigenvalue weighted by Crippen LogP contribution is -2.29. The molecule has 152 valence electrons. The summed E-state index contributed by atoms with van der Waals surface area (Å²) in [5, 5.41) is 14.7. The first-order chi connectivity index (χ1) is 15.1. The number of amides is 3. The van der Waals surface area contributed by atoms with Gasteiger partial charge in [-0.1, -0.05) is 30.2 Å². The number of carbonyl (C=O) groups is 2. The van der Waals surface area contributed by atoms with Crippen LogP contribution in [0.5, 0.6) is 0 Å². The molecule has 1 fully saturated rings. The Morgan fingerprint density at radius 3 is 2.77 bits per heavy atom. The second kappa shape index (κ2) is 7.38. The zero-order valence-electron chi connectivity index (χ0n) is 16.4. The summed E-state index contributed by atoms with van der Waals surface area (Å²) in [5.74, 6) is 5.73. The molecular formula is C21H16N8O2. The third-order valence-corrected chi connectivity index (χ3v) is 4.97. The molecule has 3 heterocycles. The molecule has 0 radical (unpaired) electrons. The summed E-state index contributed by atoms with van der Waals surface area (Å²) in [6.45, 7) is 2.11. The first kappa shape index (κ1) is 18.5. The number of urea groups is 1. The van der Waals surface area contributed by atoms with Crippen molar-refractivity contribution in [1.29, 1.82) is 0 Å². The van der Waals surface area contributed by atoms with E-state index in [1.807, 2.05) is 0 Å². The number of hydrogen-bond donors (Lipinski definition) is 2. The summed E-state index contributed by atoms with van der Waals surface area (Å²) in [7, 11) is 0. The predicted molar refractivity (Wildman–Crippen MR) is 112 cm³/mol. The highest BCUT2D eigenvalue weighted by atomic mass is 16.2. The van der Waals surface area contributed by atoms with Crippen LogP contribution in [-0.4, -0.2) is 42.1 Å². The molecule has 0 aliphatic carbocycles. The molecule has 0 saturated carbocycles. The number of nitrogens with zero attached hydrogens (tertiary/aromatic N) is 6. The number of hydrogen-bond acceptors (Lipinski definition) is 6. The van der Waals surface area contributed by atoms with Crippen molar-refractivity contribution in [3.05, 3.63) is 54.4 Å². The van der Waals surface area contributed by atoms with Crippen molar-refractivity contribution in [3.8, 4) is 23.2 Å². The van der Waals surface area contributed by atoms with Crippen LogP contribution in [0.25, 0.3) is 22.4 Å². The maximum absolute atomic E-state index is 12.6. The van der Waals surface area contributed by atoms with E-state index in [2.05, 4.69) is 42.5 Å². The van der Waals surface area contributed by atoms with Crippen LogP contribution in [0.2, 0.25) is 0 Å². The third kappa shape index (κ3) is 3.28. The molecule has 5 rings (SSSR count). The van der Waals surface area contributed by atoms with Gasteiger partial charge in [0, 0.05) is 11.3 Å². The highest BCUT2D eigenvalue weighted by Crippen LogP contribution is 2.33. The molecule has 1 aliphatic rings. The molecule has 3 amide bonds. The Balaban J connectivity index is 1.45. The molecule has 2 N–H and O–H groups in total. The number of fused-ring (bicyclic) bond motifs is 1. The average molecular weight is 412 g/mol. The number of H-pyrrole nitrogens is 1. The van der Waals surface area contributed by atoms with Gasteiger partial charge in [-0.25, -0.2) is 9.78 Å². The molecule has 10 nitrogen and oxygen atoms in total. The van der Waals surface area contributed by atoms with Gasteiger partial charge in [0.15, 0.2) is 0 Å². The molecule has 1 unspecified atom stereocenters. The first-order valence-corrected chi connectivity index (χ1v) is 9.49. The number of nitrogens with one attached hydrogen (secondary N) is 2. The van der Waals surface area contributed by atoms with Crippen LogP contribution in [0.15, 0.2) is 48.8 Å². The second-order valence-corrected chi connectivity index (χ2v) is 6.86. The predicted octanol–water partition coefficient (Wildman–Crippen LogP) is 2.04. The molecule has 31 heavy (non-hydrogen) atoms. The van der Waals surface area contributed by atoms with E-state index in [4.69, 9.17) is 0 Å². The van der Waals surface area contributed by atoms with Crippen molar-refractivity contribution < 1.29 is 9.59 Å². The normalized spacial score (nSPS) is 15.8. The Morgan fingerprint density at radius 2 is 1.97 bits per heavy atom. The van der Waals surface area contributed by atoms with Gasteiger partial charge in [-0.05, 0) is 35.9 Å². The van der Waals surface area contributed by atoms with Crippen molar-refractivity contribution in [1.82, 2.24) is 35.5 Å². The smallest absolute Gasteiger partial charge is 0.329 e. The van der Waals surface area contributed by atoms with Crippen LogP contribution in [0.1, 0.15) is 18.5 Å². The number of aromatic amines is 1. The summed E-state index contributed by atoms with van der Waals surface area (Å²) in [6, 6.07) is 11.3. The van der Waals surface area contributed by atoms with Crippen molar-refractivity contribution in [2.45, 2.75) is 19.5 Å². The fraction of sp³-hybridized carbons (Fsp3) is 0.143. The SMILES string of the molecule is CC#CCn1nnc(-c2ccc(C3C(=O)NC(=O)N3c3ccc4nc[nH]c4c3)cc2)n1. The van der Waals surface area contributed by atoms with E-state index in [9.17, 15) is 9.59 Å². The summed E-state index contributed by atoms with van der Waals surface area (Å²) in [4.78, 5) is 35.2. The van der Waals surface area contributed by atoms with E-state index in [0.717, 1.165) is 16.6 Å². The number of benzene rings is 2. The van der Waals surface area contributed by atoms with Crippen molar-refractivity contribution in [2.75, 3.05) is 4.90 Å². The zero-order chi connectivity index (χ0) is 21.4. The van der Waals surface area contributed by atoms with Crippen molar-refractivity contribution in [2.24, 2.45) is 0 Å². The molecule has 0 spiro atoms. The van der Waals surface area contributed by atoms with Gasteiger partial charge < -0.3 is 4.98 Å². The standard InChI is InChI=1S/C21H16N8O2/c1-2-3-10-28-26-19(25-27-28)14-6-4-13(5-7-14)18-20(30)24-21(31)29(18)15-8-9-16-17(11-15)23-12-22-16/h4-9,11-12,18H,10H2,1H3,(H,22,23)(H,24,30,31). The van der Waals surface area contributed by atoms with Gasteiger partial charge >= 0.3 is 6.03 Å². The fourth-order valence-corrected chi connectivity index (χ4v) is 3.50. The van der Waals surface area contributed by atoms with Gasteiger partial charge in [0.2, 0.25) is 5.82 Å². The number of imide groups is 1. The van der Waals surface area contributed by atoms with E-state index in [0.29, 0.717) is 23.6 Å². The number of aromatic nitrogens is 6. The Labute approximate surface area is 176 Å². The fourth-order valence-electron chi connectivity index (χ4n) is 3.50. The van der Waals surface area contributed by atoms with E-state index < -0.39 is 12.1 Å². The van der Waals surface area contributed by atoms with Gasteiger partial charge in [-0.2, -0.15) is 4.80 Å². The van der Waals surface area contributed by atoms with Crippen LogP contribution in [0.4, 0.5) is 10.5 Å². The van der Waals surface area contributed by atoms with Crippen molar-refractivity contribution in [3.63, 3.8) is 0 Å². The molecule has 2 aromatic heterocycles. The Morgan fingerprint density at radius 1 is 1.13 bits per heavy atom. The lowest BCUT2D eigenvalue weighted by atomic mass is 10.0. The maximum Gasteiger partial charge on any atom is 0.329 e. The highest BCUT2D eigenvalue weighted by molar-refractivity contribution is 6.15. The van der Waals surface area contributed by atoms with Crippen LogP contribution in [0, 0.1) is 11.8 Å². The van der Waals surface area contributed by atoms with E-state index in [-0.39, 0.29) is 5.91 Å². The largest absolute Gasteiger partial charge is 0.345 e. The quantitative estimate of drug-likeness (QED) is 0.391. The summed E-state index contributed by atoms with van der Waals surface area (Å²) >= 11 is 0. The zero-order valence-corrected chi connectivity index (χ0v) is 16.4.